The molecule has 1 fully saturated rings. The topological polar surface area (TPSA) is 49.4 Å². The third-order valence-electron chi connectivity index (χ3n) is 4.79. The lowest BCUT2D eigenvalue weighted by Crippen LogP contribution is -2.38. The van der Waals surface area contributed by atoms with Crippen LogP contribution in [0.15, 0.2) is 42.5 Å². The van der Waals surface area contributed by atoms with Crippen LogP contribution in [0, 0.1) is 6.92 Å². The van der Waals surface area contributed by atoms with Gasteiger partial charge < -0.3 is 10.2 Å². The maximum absolute atomic E-state index is 12.3. The Balaban J connectivity index is 1.78. The number of amides is 2. The Morgan fingerprint density at radius 3 is 2.78 bits per heavy atom. The maximum atomic E-state index is 12.3. The van der Waals surface area contributed by atoms with E-state index in [1.807, 2.05) is 24.3 Å². The van der Waals surface area contributed by atoms with Crippen molar-refractivity contribution in [2.24, 2.45) is 0 Å². The monoisotopic (exact) mass is 306 g/mol. The van der Waals surface area contributed by atoms with Gasteiger partial charge in [0, 0.05) is 18.7 Å². The first-order chi connectivity index (χ1) is 11.1. The molecule has 2 heterocycles. The van der Waals surface area contributed by atoms with E-state index < -0.39 is 0 Å². The Hall–Kier alpha value is -2.62. The second kappa shape index (κ2) is 5.23. The van der Waals surface area contributed by atoms with Crippen molar-refractivity contribution in [1.82, 2.24) is 4.90 Å². The second-order valence-electron chi connectivity index (χ2n) is 6.25. The molecular formula is C19H18N2O2. The van der Waals surface area contributed by atoms with Crippen LogP contribution in [0.25, 0.3) is 11.1 Å². The number of carbonyl (C=O) groups excluding carboxylic acids is 2. The highest BCUT2D eigenvalue weighted by Gasteiger charge is 2.38. The van der Waals surface area contributed by atoms with Gasteiger partial charge in [0.2, 0.25) is 11.8 Å². The van der Waals surface area contributed by atoms with Crippen LogP contribution in [0.5, 0.6) is 0 Å². The number of hydrogen-bond donors (Lipinski definition) is 1. The van der Waals surface area contributed by atoms with Gasteiger partial charge in [0.15, 0.2) is 0 Å². The van der Waals surface area contributed by atoms with E-state index in [9.17, 15) is 9.59 Å². The van der Waals surface area contributed by atoms with E-state index in [1.54, 1.807) is 4.90 Å². The van der Waals surface area contributed by atoms with Crippen LogP contribution >= 0.6 is 0 Å². The van der Waals surface area contributed by atoms with Crippen LogP contribution < -0.4 is 5.32 Å². The van der Waals surface area contributed by atoms with Crippen LogP contribution in [-0.4, -0.2) is 22.8 Å². The molecule has 0 aromatic heterocycles. The van der Waals surface area contributed by atoms with Gasteiger partial charge in [0.1, 0.15) is 6.04 Å². The van der Waals surface area contributed by atoms with E-state index in [-0.39, 0.29) is 17.9 Å². The van der Waals surface area contributed by atoms with Crippen molar-refractivity contribution in [1.29, 1.82) is 0 Å². The molecule has 2 aliphatic rings. The second-order valence-corrected chi connectivity index (χ2v) is 6.25. The molecule has 0 bridgehead atoms. The first-order valence-electron chi connectivity index (χ1n) is 7.93. The van der Waals surface area contributed by atoms with E-state index in [2.05, 4.69) is 30.4 Å². The highest BCUT2D eigenvalue weighted by molar-refractivity contribution is 6.00. The van der Waals surface area contributed by atoms with Gasteiger partial charge in [-0.2, -0.15) is 0 Å². The molecule has 116 valence electrons. The molecule has 2 aromatic carbocycles. The highest BCUT2D eigenvalue weighted by atomic mass is 16.2. The van der Waals surface area contributed by atoms with Crippen LogP contribution in [0.3, 0.4) is 0 Å². The summed E-state index contributed by atoms with van der Waals surface area (Å²) in [6.45, 7) is 2.58. The Kier molecular flexibility index (Phi) is 3.18. The van der Waals surface area contributed by atoms with Gasteiger partial charge in [0.25, 0.3) is 0 Å². The smallest absolute Gasteiger partial charge is 0.247 e. The zero-order valence-electron chi connectivity index (χ0n) is 13.0. The lowest BCUT2D eigenvalue weighted by molar-refractivity contribution is -0.133. The van der Waals surface area contributed by atoms with Gasteiger partial charge in [-0.25, -0.2) is 0 Å². The third-order valence-corrected chi connectivity index (χ3v) is 4.79. The van der Waals surface area contributed by atoms with Crippen molar-refractivity contribution in [3.63, 3.8) is 0 Å². The summed E-state index contributed by atoms with van der Waals surface area (Å²) in [5.41, 5.74) is 5.31. The highest BCUT2D eigenvalue weighted by Crippen LogP contribution is 2.33. The summed E-state index contributed by atoms with van der Waals surface area (Å²) in [5.74, 6) is -0.00228. The first kappa shape index (κ1) is 14.0. The van der Waals surface area contributed by atoms with Crippen LogP contribution in [0.2, 0.25) is 0 Å². The Bertz CT molecular complexity index is 813. The van der Waals surface area contributed by atoms with E-state index in [0.29, 0.717) is 19.4 Å². The summed E-state index contributed by atoms with van der Waals surface area (Å²) < 4.78 is 0. The van der Waals surface area contributed by atoms with Crippen LogP contribution in [-0.2, 0) is 16.1 Å². The largest absolute Gasteiger partial charge is 0.326 e. The molecule has 2 amide bonds. The van der Waals surface area contributed by atoms with Gasteiger partial charge in [-0.3, -0.25) is 9.59 Å². The molecule has 2 aromatic rings. The number of nitrogens with zero attached hydrogens (tertiary/aromatic N) is 1. The summed E-state index contributed by atoms with van der Waals surface area (Å²) in [4.78, 5) is 26.1. The molecule has 23 heavy (non-hydrogen) atoms. The quantitative estimate of drug-likeness (QED) is 0.880. The average Bonchev–Trinajstić information content (AvgIpc) is 2.83. The molecule has 1 atom stereocenters. The molecule has 2 aliphatic heterocycles. The predicted octanol–water partition coefficient (Wildman–Crippen LogP) is 3.11. The lowest BCUT2D eigenvalue weighted by Gasteiger charge is -2.20. The number of benzene rings is 2. The lowest BCUT2D eigenvalue weighted by atomic mass is 9.98. The molecule has 4 heteroatoms. The van der Waals surface area contributed by atoms with Crippen molar-refractivity contribution in [2.75, 3.05) is 5.32 Å². The molecule has 1 N–H and O–H groups in total. The third kappa shape index (κ3) is 2.31. The van der Waals surface area contributed by atoms with E-state index in [1.165, 1.54) is 11.1 Å². The normalized spacial score (nSPS) is 19.9. The Morgan fingerprint density at radius 2 is 1.96 bits per heavy atom. The Morgan fingerprint density at radius 1 is 1.13 bits per heavy atom. The van der Waals surface area contributed by atoms with Crippen LogP contribution in [0.1, 0.15) is 24.0 Å². The van der Waals surface area contributed by atoms with Crippen molar-refractivity contribution >= 4 is 17.5 Å². The van der Waals surface area contributed by atoms with Crippen molar-refractivity contribution in [2.45, 2.75) is 32.4 Å². The molecule has 0 spiro atoms. The number of carbonyl (C=O) groups is 2. The standard InChI is InChI=1S/C19H18N2O2/c1-12-4-2-3-5-15(12)13-6-7-16-14(10-13)11-21-17(19(23)20-16)8-9-18(21)22/h2-7,10,17H,8-9,11H2,1H3,(H,20,23)/t17-/m1/s1. The molecular weight excluding hydrogens is 288 g/mol. The number of anilines is 1. The number of hydrogen-bond acceptors (Lipinski definition) is 2. The average molecular weight is 306 g/mol. The molecule has 4 rings (SSSR count). The zero-order chi connectivity index (χ0) is 16.0. The number of rotatable bonds is 1. The van der Waals surface area contributed by atoms with Crippen LogP contribution in [0.4, 0.5) is 5.69 Å². The molecule has 0 aliphatic carbocycles. The van der Waals surface area contributed by atoms with Crippen molar-refractivity contribution in [3.8, 4) is 11.1 Å². The summed E-state index contributed by atoms with van der Waals surface area (Å²) >= 11 is 0. The fourth-order valence-electron chi connectivity index (χ4n) is 3.51. The van der Waals surface area contributed by atoms with Crippen molar-refractivity contribution in [3.05, 3.63) is 53.6 Å². The fraction of sp³-hybridized carbons (Fsp3) is 0.263. The summed E-state index contributed by atoms with van der Waals surface area (Å²) in [5, 5.41) is 2.97. The summed E-state index contributed by atoms with van der Waals surface area (Å²) in [6.07, 6.45) is 1.08. The number of aryl methyl sites for hydroxylation is 1. The van der Waals surface area contributed by atoms with Gasteiger partial charge in [-0.05, 0) is 47.7 Å². The Labute approximate surface area is 135 Å². The van der Waals surface area contributed by atoms with Gasteiger partial charge in [-0.1, -0.05) is 30.3 Å². The molecule has 1 saturated heterocycles. The number of fused-ring (bicyclic) bond motifs is 2. The predicted molar refractivity (Wildman–Crippen MR) is 88.8 cm³/mol. The molecule has 0 unspecified atom stereocenters. The van der Waals surface area contributed by atoms with Gasteiger partial charge in [-0.15, -0.1) is 0 Å². The molecule has 0 saturated carbocycles. The molecule has 0 radical (unpaired) electrons. The zero-order valence-corrected chi connectivity index (χ0v) is 13.0. The van der Waals surface area contributed by atoms with E-state index >= 15 is 0 Å². The maximum Gasteiger partial charge on any atom is 0.247 e. The number of nitrogens with one attached hydrogen (secondary N) is 1. The van der Waals surface area contributed by atoms with Gasteiger partial charge in [0.05, 0.1) is 0 Å². The van der Waals surface area contributed by atoms with Crippen molar-refractivity contribution < 1.29 is 9.59 Å². The van der Waals surface area contributed by atoms with Gasteiger partial charge >= 0.3 is 0 Å². The van der Waals surface area contributed by atoms with E-state index in [0.717, 1.165) is 16.8 Å². The minimum atomic E-state index is -0.322. The summed E-state index contributed by atoms with van der Waals surface area (Å²) in [7, 11) is 0. The molecule has 4 nitrogen and oxygen atoms in total. The fourth-order valence-corrected chi connectivity index (χ4v) is 3.51. The first-order valence-corrected chi connectivity index (χ1v) is 7.93. The SMILES string of the molecule is Cc1ccccc1-c1ccc2c(c1)CN1C(=O)CC[C@@H]1C(=O)N2. The van der Waals surface area contributed by atoms with E-state index in [4.69, 9.17) is 0 Å². The summed E-state index contributed by atoms with van der Waals surface area (Å²) in [6, 6.07) is 14.0. The minimum Gasteiger partial charge on any atom is -0.326 e. The minimum absolute atomic E-state index is 0.0688.